The lowest BCUT2D eigenvalue weighted by Gasteiger charge is -2.57. The van der Waals surface area contributed by atoms with Gasteiger partial charge in [0.05, 0.1) is 46.3 Å². The molecule has 2 bridgehead atoms. The van der Waals surface area contributed by atoms with Crippen LogP contribution in [0.4, 0.5) is 15.6 Å². The van der Waals surface area contributed by atoms with E-state index < -0.39 is 0 Å². The molecule has 2 amide bonds. The van der Waals surface area contributed by atoms with Crippen molar-refractivity contribution in [2.75, 3.05) is 56.5 Å². The number of carbonyl (C=O) groups is 1. The van der Waals surface area contributed by atoms with Crippen LogP contribution in [-0.4, -0.2) is 110 Å². The highest BCUT2D eigenvalue weighted by atomic mass is 32.1. The Morgan fingerprint density at radius 3 is 2.62 bits per heavy atom. The van der Waals surface area contributed by atoms with Gasteiger partial charge in [0.1, 0.15) is 6.07 Å². The smallest absolute Gasteiger partial charge is 0.320 e. The van der Waals surface area contributed by atoms with Crippen LogP contribution in [0.25, 0.3) is 27.5 Å². The van der Waals surface area contributed by atoms with Gasteiger partial charge in [0.25, 0.3) is 0 Å². The molecule has 4 aromatic heterocycles. The lowest BCUT2D eigenvalue weighted by atomic mass is 9.88. The molecule has 0 aromatic carbocycles. The van der Waals surface area contributed by atoms with E-state index in [1.54, 1.807) is 22.0 Å². The van der Waals surface area contributed by atoms with Gasteiger partial charge in [-0.3, -0.25) is 4.98 Å². The topological polar surface area (TPSA) is 122 Å². The van der Waals surface area contributed by atoms with Crippen molar-refractivity contribution in [2.45, 2.75) is 38.4 Å². The average Bonchev–Trinajstić information content (AvgIpc) is 3.65. The summed E-state index contributed by atoms with van der Waals surface area (Å²) in [5.74, 6) is 0. The van der Waals surface area contributed by atoms with Crippen LogP contribution in [-0.2, 0) is 0 Å². The van der Waals surface area contributed by atoms with Gasteiger partial charge in [0.15, 0.2) is 5.01 Å². The summed E-state index contributed by atoms with van der Waals surface area (Å²) in [7, 11) is 2.11. The third-order valence-electron chi connectivity index (χ3n) is 8.34. The van der Waals surface area contributed by atoms with Crippen LogP contribution in [0.5, 0.6) is 0 Å². The predicted molar refractivity (Wildman–Crippen MR) is 162 cm³/mol. The molecule has 12 nitrogen and oxygen atoms in total. The van der Waals surface area contributed by atoms with Crippen LogP contribution >= 0.6 is 11.3 Å². The number of rotatable bonds is 5. The molecule has 2 unspecified atom stereocenters. The summed E-state index contributed by atoms with van der Waals surface area (Å²) in [6.07, 6.45) is 4.46. The van der Waals surface area contributed by atoms with Crippen LogP contribution in [0.3, 0.4) is 0 Å². The molecular formula is C29H33N11OS. The molecule has 4 fully saturated rings. The van der Waals surface area contributed by atoms with Gasteiger partial charge in [0, 0.05) is 57.2 Å². The monoisotopic (exact) mass is 583 g/mol. The molecule has 4 saturated heterocycles. The van der Waals surface area contributed by atoms with Gasteiger partial charge in [-0.05, 0) is 51.6 Å². The fourth-order valence-corrected chi connectivity index (χ4v) is 7.03. The van der Waals surface area contributed by atoms with E-state index in [2.05, 4.69) is 62.3 Å². The number of urea groups is 1. The van der Waals surface area contributed by atoms with Gasteiger partial charge < -0.3 is 24.9 Å². The Morgan fingerprint density at radius 1 is 1.10 bits per heavy atom. The zero-order valence-electron chi connectivity index (χ0n) is 23.9. The van der Waals surface area contributed by atoms with E-state index >= 15 is 0 Å². The van der Waals surface area contributed by atoms with Crippen molar-refractivity contribution in [2.24, 2.45) is 0 Å². The predicted octanol–water partition coefficient (Wildman–Crippen LogP) is 3.24. The van der Waals surface area contributed by atoms with Crippen molar-refractivity contribution in [1.82, 2.24) is 39.5 Å². The Kier molecular flexibility index (Phi) is 6.67. The van der Waals surface area contributed by atoms with Crippen molar-refractivity contribution in [3.63, 3.8) is 0 Å². The number of piperazine rings is 2. The Labute approximate surface area is 248 Å². The first-order chi connectivity index (χ1) is 20.4. The van der Waals surface area contributed by atoms with E-state index in [-0.39, 0.29) is 24.2 Å². The summed E-state index contributed by atoms with van der Waals surface area (Å²) >= 11 is 1.56. The number of hydrogen-bond donors (Lipinski definition) is 1. The van der Waals surface area contributed by atoms with E-state index in [4.69, 9.17) is 4.98 Å². The van der Waals surface area contributed by atoms with E-state index in [1.807, 2.05) is 35.4 Å². The first kappa shape index (κ1) is 26.6. The zero-order valence-corrected chi connectivity index (χ0v) is 24.8. The maximum Gasteiger partial charge on any atom is 0.320 e. The molecule has 0 aliphatic carbocycles. The van der Waals surface area contributed by atoms with Gasteiger partial charge >= 0.3 is 6.03 Å². The highest BCUT2D eigenvalue weighted by Gasteiger charge is 2.49. The molecule has 1 N–H and O–H groups in total. The second-order valence-electron chi connectivity index (χ2n) is 11.6. The number of fused-ring (bicyclic) bond motifs is 3. The Hall–Kier alpha value is -4.28. The summed E-state index contributed by atoms with van der Waals surface area (Å²) in [6.45, 7) is 9.22. The number of carbonyl (C=O) groups excluding carboxylic acids is 1. The lowest BCUT2D eigenvalue weighted by molar-refractivity contribution is 0.0127. The fraction of sp³-hybridized carbons (Fsp3) is 0.448. The molecule has 0 saturated carbocycles. The van der Waals surface area contributed by atoms with E-state index in [1.165, 1.54) is 0 Å². The lowest BCUT2D eigenvalue weighted by Crippen LogP contribution is -2.72. The number of likely N-dealkylation sites (N-methyl/N-ethyl adjacent to an activating group) is 1. The number of piperidine rings is 1. The number of anilines is 2. The van der Waals surface area contributed by atoms with Crippen LogP contribution in [0.1, 0.15) is 25.8 Å². The maximum atomic E-state index is 13.2. The Morgan fingerprint density at radius 2 is 1.88 bits per heavy atom. The van der Waals surface area contributed by atoms with Crippen molar-refractivity contribution < 1.29 is 4.79 Å². The van der Waals surface area contributed by atoms with Gasteiger partial charge in [-0.2, -0.15) is 10.4 Å². The minimum Gasteiger partial charge on any atom is -0.382 e. The number of amides is 2. The molecule has 4 aliphatic rings. The number of nitrogens with one attached hydrogen (secondary N) is 1. The number of hydrogen-bond acceptors (Lipinski definition) is 10. The molecule has 0 spiro atoms. The SMILES string of the molecule is CC(C)Nc1cc(-c2ccc3cc(C#N)cnn23)ncc1-c1nnc(N2CC3CC(C2)N3C(=O)N2CCN(C)CC2)s1. The second kappa shape index (κ2) is 10.5. The molecule has 42 heavy (non-hydrogen) atoms. The average molecular weight is 584 g/mol. The second-order valence-corrected chi connectivity index (χ2v) is 12.6. The number of nitriles is 1. The zero-order chi connectivity index (χ0) is 29.0. The molecule has 2 atom stereocenters. The molecule has 216 valence electrons. The summed E-state index contributed by atoms with van der Waals surface area (Å²) in [4.78, 5) is 26.7. The molecule has 8 heterocycles. The van der Waals surface area contributed by atoms with Crippen LogP contribution in [0, 0.1) is 11.3 Å². The van der Waals surface area contributed by atoms with Gasteiger partial charge in [-0.15, -0.1) is 10.2 Å². The Balaban J connectivity index is 1.10. The quantitative estimate of drug-likeness (QED) is 0.377. The van der Waals surface area contributed by atoms with Crippen LogP contribution < -0.4 is 10.2 Å². The minimum absolute atomic E-state index is 0.189. The highest BCUT2D eigenvalue weighted by Crippen LogP contribution is 2.40. The van der Waals surface area contributed by atoms with Crippen molar-refractivity contribution in [3.05, 3.63) is 42.2 Å². The van der Waals surface area contributed by atoms with Crippen molar-refractivity contribution in [1.29, 1.82) is 5.26 Å². The van der Waals surface area contributed by atoms with Gasteiger partial charge in [-0.1, -0.05) is 11.3 Å². The third-order valence-corrected chi connectivity index (χ3v) is 9.36. The van der Waals surface area contributed by atoms with Gasteiger partial charge in [0.2, 0.25) is 5.13 Å². The number of nitrogens with zero attached hydrogens (tertiary/aromatic N) is 10. The molecule has 0 radical (unpaired) electrons. The molecule has 4 aromatic rings. The van der Waals surface area contributed by atoms with Crippen molar-refractivity contribution in [3.8, 4) is 28.0 Å². The first-order valence-corrected chi connectivity index (χ1v) is 15.2. The molecule has 13 heteroatoms. The van der Waals surface area contributed by atoms with Crippen LogP contribution in [0.15, 0.2) is 36.7 Å². The first-order valence-electron chi connectivity index (χ1n) is 14.4. The molecule has 4 aliphatic heterocycles. The third kappa shape index (κ3) is 4.70. The van der Waals surface area contributed by atoms with Crippen molar-refractivity contribution >= 4 is 33.7 Å². The van der Waals surface area contributed by atoms with Crippen LogP contribution in [0.2, 0.25) is 0 Å². The largest absolute Gasteiger partial charge is 0.382 e. The minimum atomic E-state index is 0.189. The molecular weight excluding hydrogens is 550 g/mol. The maximum absolute atomic E-state index is 13.2. The summed E-state index contributed by atoms with van der Waals surface area (Å²) < 4.78 is 1.80. The van der Waals surface area contributed by atoms with Gasteiger partial charge in [-0.25, -0.2) is 9.31 Å². The summed E-state index contributed by atoms with van der Waals surface area (Å²) in [6, 6.07) is 10.7. The van der Waals surface area contributed by atoms with E-state index in [0.717, 1.165) is 84.0 Å². The summed E-state index contributed by atoms with van der Waals surface area (Å²) in [5.41, 5.74) is 4.78. The number of pyridine rings is 1. The standard InChI is InChI=1S/C29H33N11OS/c1-18(2)33-24-12-25(26-5-4-20-10-19(13-30)14-32-40(20)26)31-15-23(24)27-34-35-28(42-27)38-16-21-11-22(17-38)39(21)29(41)37-8-6-36(3)7-9-37/h4-5,10,12,14-15,18,21-22H,6-9,11,16-17H2,1-3H3,(H,31,33). The van der Waals surface area contributed by atoms with E-state index in [0.29, 0.717) is 5.56 Å². The normalized spacial score (nSPS) is 20.6. The summed E-state index contributed by atoms with van der Waals surface area (Å²) in [5, 5.41) is 28.0. The van der Waals surface area contributed by atoms with E-state index in [9.17, 15) is 10.1 Å². The Bertz CT molecular complexity index is 1670. The molecule has 8 rings (SSSR count). The number of aromatic nitrogens is 5. The highest BCUT2D eigenvalue weighted by molar-refractivity contribution is 7.18. The fourth-order valence-electron chi connectivity index (χ4n) is 6.14.